The molecule has 1 rings (SSSR count). The molecule has 0 saturated heterocycles. The second-order valence-corrected chi connectivity index (χ2v) is 2.85. The summed E-state index contributed by atoms with van der Waals surface area (Å²) in [6.45, 7) is 1.75. The Balaban J connectivity index is 3.29. The van der Waals surface area contributed by atoms with Crippen molar-refractivity contribution in [1.82, 2.24) is 0 Å². The van der Waals surface area contributed by atoms with Crippen LogP contribution < -0.4 is 0 Å². The van der Waals surface area contributed by atoms with E-state index < -0.39 is 11.6 Å². The monoisotopic (exact) mass is 220 g/mol. The van der Waals surface area contributed by atoms with Gasteiger partial charge in [0.05, 0.1) is 0 Å². The third kappa shape index (κ3) is 1.59. The standard InChI is InChI=1S/C8H7BrF2/c1-5-2-3-7(10)8(11)6(5)4-9/h2-3H,4H2,1H3. The number of rotatable bonds is 1. The lowest BCUT2D eigenvalue weighted by atomic mass is 10.1. The lowest BCUT2D eigenvalue weighted by Crippen LogP contribution is -1.94. The predicted octanol–water partition coefficient (Wildman–Crippen LogP) is 3.17. The average molecular weight is 221 g/mol. The van der Waals surface area contributed by atoms with Gasteiger partial charge in [-0.05, 0) is 18.6 Å². The van der Waals surface area contributed by atoms with Crippen molar-refractivity contribution in [3.8, 4) is 0 Å². The normalized spacial score (nSPS) is 10.2. The van der Waals surface area contributed by atoms with Crippen LogP contribution in [0.2, 0.25) is 0 Å². The van der Waals surface area contributed by atoms with E-state index >= 15 is 0 Å². The van der Waals surface area contributed by atoms with E-state index in [1.54, 1.807) is 13.0 Å². The first kappa shape index (κ1) is 8.65. The molecule has 0 spiro atoms. The van der Waals surface area contributed by atoms with Gasteiger partial charge in [0.2, 0.25) is 0 Å². The molecule has 11 heavy (non-hydrogen) atoms. The van der Waals surface area contributed by atoms with Gasteiger partial charge < -0.3 is 0 Å². The maximum absolute atomic E-state index is 12.9. The number of hydrogen-bond donors (Lipinski definition) is 0. The highest BCUT2D eigenvalue weighted by molar-refractivity contribution is 9.08. The maximum Gasteiger partial charge on any atom is 0.163 e. The van der Waals surface area contributed by atoms with E-state index in [2.05, 4.69) is 15.9 Å². The second kappa shape index (κ2) is 3.30. The van der Waals surface area contributed by atoms with Gasteiger partial charge in [-0.2, -0.15) is 0 Å². The zero-order valence-electron chi connectivity index (χ0n) is 6.00. The molecule has 0 aliphatic rings. The molecule has 0 bridgehead atoms. The van der Waals surface area contributed by atoms with Crippen LogP contribution in [0.5, 0.6) is 0 Å². The Hall–Kier alpha value is -0.440. The van der Waals surface area contributed by atoms with Crippen molar-refractivity contribution in [3.05, 3.63) is 34.9 Å². The molecule has 0 N–H and O–H groups in total. The van der Waals surface area contributed by atoms with E-state index in [-0.39, 0.29) is 0 Å². The highest BCUT2D eigenvalue weighted by Crippen LogP contribution is 2.18. The summed E-state index contributed by atoms with van der Waals surface area (Å²) in [5.41, 5.74) is 1.16. The lowest BCUT2D eigenvalue weighted by molar-refractivity contribution is 0.501. The molecule has 0 unspecified atom stereocenters. The van der Waals surface area contributed by atoms with Gasteiger partial charge in [0.1, 0.15) is 0 Å². The van der Waals surface area contributed by atoms with Crippen LogP contribution in [0.4, 0.5) is 8.78 Å². The number of aryl methyl sites for hydroxylation is 1. The quantitative estimate of drug-likeness (QED) is 0.639. The van der Waals surface area contributed by atoms with Gasteiger partial charge in [0.15, 0.2) is 11.6 Å². The number of alkyl halides is 1. The van der Waals surface area contributed by atoms with E-state index in [0.717, 1.165) is 11.6 Å². The Morgan fingerprint density at radius 3 is 2.45 bits per heavy atom. The zero-order chi connectivity index (χ0) is 8.43. The highest BCUT2D eigenvalue weighted by Gasteiger charge is 2.08. The summed E-state index contributed by atoms with van der Waals surface area (Å²) in [6.07, 6.45) is 0. The van der Waals surface area contributed by atoms with E-state index in [1.807, 2.05) is 0 Å². The molecule has 0 amide bonds. The third-order valence-corrected chi connectivity index (χ3v) is 2.12. The van der Waals surface area contributed by atoms with Crippen LogP contribution in [0.1, 0.15) is 11.1 Å². The van der Waals surface area contributed by atoms with Crippen LogP contribution in [0.15, 0.2) is 12.1 Å². The van der Waals surface area contributed by atoms with Crippen molar-refractivity contribution in [3.63, 3.8) is 0 Å². The lowest BCUT2D eigenvalue weighted by Gasteiger charge is -2.02. The van der Waals surface area contributed by atoms with Crippen molar-refractivity contribution in [2.45, 2.75) is 12.3 Å². The molecule has 0 heterocycles. The first-order valence-electron chi connectivity index (χ1n) is 3.16. The van der Waals surface area contributed by atoms with Gasteiger partial charge in [-0.15, -0.1) is 0 Å². The minimum Gasteiger partial charge on any atom is -0.204 e. The van der Waals surface area contributed by atoms with Crippen LogP contribution >= 0.6 is 15.9 Å². The first-order valence-corrected chi connectivity index (χ1v) is 4.28. The molecule has 3 heteroatoms. The summed E-state index contributed by atoms with van der Waals surface area (Å²) in [6, 6.07) is 2.70. The minimum absolute atomic E-state index is 0.350. The van der Waals surface area contributed by atoms with E-state index in [4.69, 9.17) is 0 Å². The van der Waals surface area contributed by atoms with Gasteiger partial charge in [-0.1, -0.05) is 22.0 Å². The Morgan fingerprint density at radius 2 is 2.00 bits per heavy atom. The Labute approximate surface area is 72.4 Å². The molecule has 0 nitrogen and oxygen atoms in total. The van der Waals surface area contributed by atoms with Gasteiger partial charge in [-0.25, -0.2) is 8.78 Å². The maximum atomic E-state index is 12.9. The summed E-state index contributed by atoms with van der Waals surface area (Å²) in [7, 11) is 0. The zero-order valence-corrected chi connectivity index (χ0v) is 7.58. The summed E-state index contributed by atoms with van der Waals surface area (Å²) in [5, 5.41) is 0.350. The fraction of sp³-hybridized carbons (Fsp3) is 0.250. The number of hydrogen-bond acceptors (Lipinski definition) is 0. The van der Waals surface area contributed by atoms with Gasteiger partial charge in [0.25, 0.3) is 0 Å². The molecule has 60 valence electrons. The van der Waals surface area contributed by atoms with Gasteiger partial charge in [0, 0.05) is 10.9 Å². The van der Waals surface area contributed by atoms with Gasteiger partial charge in [-0.3, -0.25) is 0 Å². The SMILES string of the molecule is Cc1ccc(F)c(F)c1CBr. The minimum atomic E-state index is -0.787. The van der Waals surface area contributed by atoms with Gasteiger partial charge >= 0.3 is 0 Å². The second-order valence-electron chi connectivity index (χ2n) is 2.29. The van der Waals surface area contributed by atoms with Crippen molar-refractivity contribution < 1.29 is 8.78 Å². The highest BCUT2D eigenvalue weighted by atomic mass is 79.9. The van der Waals surface area contributed by atoms with Crippen LogP contribution in [0, 0.1) is 18.6 Å². The summed E-state index contributed by atoms with van der Waals surface area (Å²) < 4.78 is 25.4. The Bertz CT molecular complexity index is 271. The topological polar surface area (TPSA) is 0 Å². The van der Waals surface area contributed by atoms with Crippen LogP contribution in [0.3, 0.4) is 0 Å². The fourth-order valence-electron chi connectivity index (χ4n) is 0.853. The molecule has 0 aliphatic heterocycles. The molecule has 0 radical (unpaired) electrons. The summed E-state index contributed by atoms with van der Waals surface area (Å²) in [4.78, 5) is 0. The third-order valence-electron chi connectivity index (χ3n) is 1.56. The van der Waals surface area contributed by atoms with Crippen molar-refractivity contribution in [2.75, 3.05) is 0 Å². The molecule has 1 aromatic rings. The van der Waals surface area contributed by atoms with E-state index in [0.29, 0.717) is 10.9 Å². The smallest absolute Gasteiger partial charge is 0.163 e. The van der Waals surface area contributed by atoms with Crippen LogP contribution in [0.25, 0.3) is 0 Å². The van der Waals surface area contributed by atoms with Crippen molar-refractivity contribution in [2.24, 2.45) is 0 Å². The van der Waals surface area contributed by atoms with Crippen molar-refractivity contribution >= 4 is 15.9 Å². The molecule has 0 fully saturated rings. The van der Waals surface area contributed by atoms with Crippen LogP contribution in [-0.2, 0) is 5.33 Å². The number of halogens is 3. The Kier molecular flexibility index (Phi) is 2.60. The molecule has 0 saturated carbocycles. The molecule has 0 aromatic heterocycles. The Morgan fingerprint density at radius 1 is 1.36 bits per heavy atom. The summed E-state index contributed by atoms with van der Waals surface area (Å²) in [5.74, 6) is -1.54. The fourth-order valence-corrected chi connectivity index (χ4v) is 1.54. The largest absolute Gasteiger partial charge is 0.204 e. The summed E-state index contributed by atoms with van der Waals surface area (Å²) >= 11 is 3.09. The molecule has 0 aliphatic carbocycles. The van der Waals surface area contributed by atoms with Crippen LogP contribution in [-0.4, -0.2) is 0 Å². The predicted molar refractivity (Wildman–Crippen MR) is 43.7 cm³/mol. The molecule has 0 atom stereocenters. The van der Waals surface area contributed by atoms with E-state index in [9.17, 15) is 8.78 Å². The molecular weight excluding hydrogens is 214 g/mol. The number of benzene rings is 1. The molecule has 1 aromatic carbocycles. The first-order chi connectivity index (χ1) is 5.16. The van der Waals surface area contributed by atoms with Crippen molar-refractivity contribution in [1.29, 1.82) is 0 Å². The average Bonchev–Trinajstić information content (AvgIpc) is 1.99. The van der Waals surface area contributed by atoms with E-state index in [1.165, 1.54) is 0 Å². The molecular formula is C8H7BrF2.